The highest BCUT2D eigenvalue weighted by atomic mass is 35.5. The van der Waals surface area contributed by atoms with E-state index in [1.165, 1.54) is 40.5 Å². The molecule has 0 fully saturated rings. The molecule has 2 aromatic carbocycles. The molecule has 0 saturated carbocycles. The molecule has 2 heterocycles. The summed E-state index contributed by atoms with van der Waals surface area (Å²) in [6.07, 6.45) is 0.494. The highest BCUT2D eigenvalue weighted by molar-refractivity contribution is 7.12. The first-order chi connectivity index (χ1) is 16.5. The number of ether oxygens (including phenoxy) is 1. The summed E-state index contributed by atoms with van der Waals surface area (Å²) in [7, 11) is 1.53. The Hall–Kier alpha value is -3.07. The Morgan fingerprint density at radius 2 is 1.94 bits per heavy atom. The van der Waals surface area contributed by atoms with Crippen LogP contribution in [-0.4, -0.2) is 54.2 Å². The summed E-state index contributed by atoms with van der Waals surface area (Å²) < 4.78 is 18.7. The minimum Gasteiger partial charge on any atom is -0.383 e. The van der Waals surface area contributed by atoms with Gasteiger partial charge < -0.3 is 9.64 Å². The van der Waals surface area contributed by atoms with Gasteiger partial charge in [0.15, 0.2) is 0 Å². The van der Waals surface area contributed by atoms with Crippen LogP contribution in [0.2, 0.25) is 5.02 Å². The number of carbonyl (C=O) groups is 2. The lowest BCUT2D eigenvalue weighted by Gasteiger charge is -2.27. The Balaban J connectivity index is 1.61. The number of carbonyl (C=O) groups excluding carboxylic acids is 2. The van der Waals surface area contributed by atoms with E-state index in [0.29, 0.717) is 17.0 Å². The molecule has 1 aromatic heterocycles. The number of hydrogen-bond donors (Lipinski definition) is 0. The van der Waals surface area contributed by atoms with Gasteiger partial charge in [-0.15, -0.1) is 11.3 Å². The molecular weight excluding hydrogens is 477 g/mol. The average molecular weight is 500 g/mol. The summed E-state index contributed by atoms with van der Waals surface area (Å²) in [5.74, 6) is -1.07. The smallest absolute Gasteiger partial charge is 0.262 e. The van der Waals surface area contributed by atoms with Gasteiger partial charge in [0.1, 0.15) is 12.4 Å². The third-order valence-corrected chi connectivity index (χ3v) is 6.76. The molecule has 0 unspecified atom stereocenters. The van der Waals surface area contributed by atoms with E-state index >= 15 is 0 Å². The maximum atomic E-state index is 13.5. The summed E-state index contributed by atoms with van der Waals surface area (Å²) >= 11 is 7.77. The number of benzene rings is 2. The van der Waals surface area contributed by atoms with E-state index in [0.717, 1.165) is 16.2 Å². The standard InChI is InChI=1S/C25H23ClFN3O3S/c1-33-13-12-29(25(32)19-5-2-3-6-20(19)26)16-24(31)30-22(17-8-10-18(27)11-9-17)15-21(28-30)23-7-4-14-34-23/h2-11,14,22H,12-13,15-16H2,1H3/t22-/m1/s1. The first-order valence-electron chi connectivity index (χ1n) is 10.7. The van der Waals surface area contributed by atoms with Crippen molar-refractivity contribution in [3.05, 3.63) is 92.9 Å². The van der Waals surface area contributed by atoms with Gasteiger partial charge in [-0.3, -0.25) is 9.59 Å². The number of halogens is 2. The lowest BCUT2D eigenvalue weighted by Crippen LogP contribution is -2.42. The lowest BCUT2D eigenvalue weighted by molar-refractivity contribution is -0.133. The molecule has 0 aliphatic carbocycles. The Labute approximate surface area is 206 Å². The van der Waals surface area contributed by atoms with E-state index in [-0.39, 0.29) is 37.3 Å². The molecule has 0 saturated heterocycles. The highest BCUT2D eigenvalue weighted by Gasteiger charge is 2.35. The van der Waals surface area contributed by atoms with Crippen LogP contribution in [0.15, 0.2) is 71.1 Å². The van der Waals surface area contributed by atoms with Crippen molar-refractivity contribution in [3.8, 4) is 0 Å². The van der Waals surface area contributed by atoms with Crippen LogP contribution in [0.25, 0.3) is 0 Å². The second kappa shape index (κ2) is 10.9. The third-order valence-electron chi connectivity index (χ3n) is 5.51. The van der Waals surface area contributed by atoms with Crippen molar-refractivity contribution in [3.63, 3.8) is 0 Å². The van der Waals surface area contributed by atoms with Crippen LogP contribution >= 0.6 is 22.9 Å². The summed E-state index contributed by atoms with van der Waals surface area (Å²) in [5, 5.41) is 8.28. The van der Waals surface area contributed by atoms with Crippen LogP contribution in [0.3, 0.4) is 0 Å². The molecule has 2 amide bonds. The molecule has 0 spiro atoms. The molecule has 1 aliphatic heterocycles. The van der Waals surface area contributed by atoms with Crippen molar-refractivity contribution in [1.82, 2.24) is 9.91 Å². The van der Waals surface area contributed by atoms with E-state index < -0.39 is 6.04 Å². The molecule has 0 radical (unpaired) electrons. The molecule has 3 aromatic rings. The van der Waals surface area contributed by atoms with Crippen LogP contribution in [0, 0.1) is 5.82 Å². The quantitative estimate of drug-likeness (QED) is 0.438. The topological polar surface area (TPSA) is 62.2 Å². The van der Waals surface area contributed by atoms with Gasteiger partial charge in [0.25, 0.3) is 11.8 Å². The second-order valence-electron chi connectivity index (χ2n) is 7.73. The zero-order valence-corrected chi connectivity index (χ0v) is 20.1. The maximum Gasteiger partial charge on any atom is 0.262 e. The zero-order chi connectivity index (χ0) is 24.1. The van der Waals surface area contributed by atoms with Crippen molar-refractivity contribution < 1.29 is 18.7 Å². The fraction of sp³-hybridized carbons (Fsp3) is 0.240. The molecule has 176 valence electrons. The van der Waals surface area contributed by atoms with Crippen LogP contribution in [0.5, 0.6) is 0 Å². The van der Waals surface area contributed by atoms with Crippen LogP contribution in [0.1, 0.15) is 33.3 Å². The van der Waals surface area contributed by atoms with Crippen molar-refractivity contribution in [2.75, 3.05) is 26.8 Å². The van der Waals surface area contributed by atoms with Crippen molar-refractivity contribution in [1.29, 1.82) is 0 Å². The largest absolute Gasteiger partial charge is 0.383 e. The molecule has 6 nitrogen and oxygen atoms in total. The van der Waals surface area contributed by atoms with E-state index in [1.54, 1.807) is 36.4 Å². The molecule has 1 aliphatic rings. The minimum absolute atomic E-state index is 0.202. The molecule has 4 rings (SSSR count). The Morgan fingerprint density at radius 3 is 2.62 bits per heavy atom. The van der Waals surface area contributed by atoms with Crippen molar-refractivity contribution >= 4 is 40.5 Å². The van der Waals surface area contributed by atoms with Gasteiger partial charge in [-0.05, 0) is 41.3 Å². The van der Waals surface area contributed by atoms with Crippen molar-refractivity contribution in [2.45, 2.75) is 12.5 Å². The average Bonchev–Trinajstić information content (AvgIpc) is 3.52. The fourth-order valence-electron chi connectivity index (χ4n) is 3.77. The Morgan fingerprint density at radius 1 is 1.18 bits per heavy atom. The number of rotatable bonds is 8. The summed E-state index contributed by atoms with van der Waals surface area (Å²) in [5.41, 5.74) is 1.86. The zero-order valence-electron chi connectivity index (χ0n) is 18.5. The number of thiophene rings is 1. The molecule has 1 atom stereocenters. The highest BCUT2D eigenvalue weighted by Crippen LogP contribution is 2.34. The number of hydrogen-bond acceptors (Lipinski definition) is 5. The molecule has 34 heavy (non-hydrogen) atoms. The number of methoxy groups -OCH3 is 1. The van der Waals surface area contributed by atoms with E-state index in [2.05, 4.69) is 5.10 Å². The maximum absolute atomic E-state index is 13.5. The van der Waals surface area contributed by atoms with E-state index in [9.17, 15) is 14.0 Å². The van der Waals surface area contributed by atoms with E-state index in [4.69, 9.17) is 16.3 Å². The lowest BCUT2D eigenvalue weighted by atomic mass is 10.0. The molecule has 0 N–H and O–H groups in total. The fourth-order valence-corrected chi connectivity index (χ4v) is 4.71. The summed E-state index contributed by atoms with van der Waals surface area (Å²) in [4.78, 5) is 29.1. The molecule has 9 heteroatoms. The van der Waals surface area contributed by atoms with Crippen LogP contribution in [0.4, 0.5) is 4.39 Å². The monoisotopic (exact) mass is 499 g/mol. The normalized spacial score (nSPS) is 15.3. The van der Waals surface area contributed by atoms with Gasteiger partial charge >= 0.3 is 0 Å². The first-order valence-corrected chi connectivity index (χ1v) is 12.0. The number of nitrogens with zero attached hydrogens (tertiary/aromatic N) is 3. The predicted octanol–water partition coefficient (Wildman–Crippen LogP) is 5.01. The van der Waals surface area contributed by atoms with Gasteiger partial charge in [-0.1, -0.05) is 41.9 Å². The first kappa shape index (κ1) is 24.1. The molecule has 0 bridgehead atoms. The number of hydrazone groups is 1. The van der Waals surface area contributed by atoms with Gasteiger partial charge in [0.2, 0.25) is 0 Å². The Kier molecular flexibility index (Phi) is 7.72. The SMILES string of the molecule is COCCN(CC(=O)N1N=C(c2cccs2)C[C@@H]1c1ccc(F)cc1)C(=O)c1ccccc1Cl. The minimum atomic E-state index is -0.398. The van der Waals surface area contributed by atoms with Crippen LogP contribution in [-0.2, 0) is 9.53 Å². The van der Waals surface area contributed by atoms with Gasteiger partial charge in [0.05, 0.1) is 33.8 Å². The van der Waals surface area contributed by atoms with Crippen LogP contribution < -0.4 is 0 Å². The van der Waals surface area contributed by atoms with Crippen molar-refractivity contribution in [2.24, 2.45) is 5.10 Å². The third kappa shape index (κ3) is 5.35. The van der Waals surface area contributed by atoms with Gasteiger partial charge in [0, 0.05) is 20.1 Å². The van der Waals surface area contributed by atoms with E-state index in [1.807, 2.05) is 17.5 Å². The second-order valence-corrected chi connectivity index (χ2v) is 9.09. The van der Waals surface area contributed by atoms with Gasteiger partial charge in [-0.2, -0.15) is 5.10 Å². The number of amides is 2. The molecular formula is C25H23ClFN3O3S. The summed E-state index contributed by atoms with van der Waals surface area (Å²) in [6, 6.07) is 16.2. The predicted molar refractivity (Wildman–Crippen MR) is 131 cm³/mol. The summed E-state index contributed by atoms with van der Waals surface area (Å²) in [6.45, 7) is 0.268. The Bertz CT molecular complexity index is 1180. The van der Waals surface area contributed by atoms with Gasteiger partial charge in [-0.25, -0.2) is 9.40 Å².